The van der Waals surface area contributed by atoms with Crippen LogP contribution in [0.4, 0.5) is 4.79 Å². The molecule has 0 unspecified atom stereocenters. The van der Waals surface area contributed by atoms with Crippen molar-refractivity contribution < 1.29 is 9.53 Å². The Kier molecular flexibility index (Phi) is 4.61. The highest BCUT2D eigenvalue weighted by Crippen LogP contribution is 2.36. The molecule has 2 amide bonds. The standard InChI is InChI=1S/C20H25N3O2S/c1-12-8-9-14-16(11-25-19(14)13(12)2)22-20(24)23(3)10-18-21-15-6-4-5-7-17(15)26-18/h8-9,16H,4-7,10-11H2,1-3H3,(H,22,24)/t16-/m0/s1. The van der Waals surface area contributed by atoms with Gasteiger partial charge in [-0.05, 0) is 50.7 Å². The molecule has 0 fully saturated rings. The number of aromatic nitrogens is 1. The molecule has 2 aliphatic rings. The highest BCUT2D eigenvalue weighted by molar-refractivity contribution is 7.11. The van der Waals surface area contributed by atoms with Crippen LogP contribution in [-0.4, -0.2) is 29.6 Å². The third kappa shape index (κ3) is 3.18. The summed E-state index contributed by atoms with van der Waals surface area (Å²) in [6.07, 6.45) is 4.70. The zero-order valence-electron chi connectivity index (χ0n) is 15.6. The van der Waals surface area contributed by atoms with Crippen LogP contribution in [0.15, 0.2) is 12.1 Å². The predicted octanol–water partition coefficient (Wildman–Crippen LogP) is 3.91. The molecule has 1 N–H and O–H groups in total. The van der Waals surface area contributed by atoms with Gasteiger partial charge in [-0.1, -0.05) is 12.1 Å². The number of urea groups is 1. The number of nitrogens with one attached hydrogen (secondary N) is 1. The van der Waals surface area contributed by atoms with Crippen molar-refractivity contribution in [2.45, 2.75) is 52.1 Å². The van der Waals surface area contributed by atoms with Crippen molar-refractivity contribution in [3.8, 4) is 5.75 Å². The Hall–Kier alpha value is -2.08. The average Bonchev–Trinajstić information content (AvgIpc) is 3.21. The topological polar surface area (TPSA) is 54.5 Å². The summed E-state index contributed by atoms with van der Waals surface area (Å²) in [5, 5.41) is 4.13. The normalized spacial score (nSPS) is 18.0. The number of hydrogen-bond acceptors (Lipinski definition) is 4. The van der Waals surface area contributed by atoms with Gasteiger partial charge in [0.05, 0.1) is 18.3 Å². The van der Waals surface area contributed by atoms with Crippen LogP contribution in [0.1, 0.15) is 51.2 Å². The molecule has 1 aromatic carbocycles. The Morgan fingerprint density at radius 2 is 2.15 bits per heavy atom. The van der Waals surface area contributed by atoms with Crippen LogP contribution < -0.4 is 10.1 Å². The van der Waals surface area contributed by atoms with Crippen LogP contribution in [0.25, 0.3) is 0 Å². The maximum absolute atomic E-state index is 12.6. The van der Waals surface area contributed by atoms with E-state index in [1.165, 1.54) is 29.0 Å². The minimum atomic E-state index is -0.0937. The summed E-state index contributed by atoms with van der Waals surface area (Å²) < 4.78 is 5.83. The second-order valence-electron chi connectivity index (χ2n) is 7.28. The summed E-state index contributed by atoms with van der Waals surface area (Å²) in [6.45, 7) is 5.18. The van der Waals surface area contributed by atoms with Gasteiger partial charge in [0.25, 0.3) is 0 Å². The van der Waals surface area contributed by atoms with Crippen LogP contribution >= 0.6 is 11.3 Å². The predicted molar refractivity (Wildman–Crippen MR) is 103 cm³/mol. The third-order valence-corrected chi connectivity index (χ3v) is 6.53. The molecule has 0 radical (unpaired) electrons. The number of carbonyl (C=O) groups excluding carboxylic acids is 1. The first-order valence-corrected chi connectivity index (χ1v) is 10.1. The SMILES string of the molecule is Cc1ccc2c(c1C)OC[C@@H]2NC(=O)N(C)Cc1nc2c(s1)CCCC2. The molecule has 1 atom stereocenters. The summed E-state index contributed by atoms with van der Waals surface area (Å²) >= 11 is 1.76. The number of fused-ring (bicyclic) bond motifs is 2. The number of nitrogens with zero attached hydrogens (tertiary/aromatic N) is 2. The monoisotopic (exact) mass is 371 g/mol. The number of hydrogen-bond donors (Lipinski definition) is 1. The molecule has 5 nitrogen and oxygen atoms in total. The van der Waals surface area contributed by atoms with Gasteiger partial charge in [-0.25, -0.2) is 9.78 Å². The number of rotatable bonds is 3. The van der Waals surface area contributed by atoms with E-state index in [1.807, 2.05) is 7.05 Å². The number of carbonyl (C=O) groups is 1. The van der Waals surface area contributed by atoms with Crippen LogP contribution in [0.3, 0.4) is 0 Å². The largest absolute Gasteiger partial charge is 0.490 e. The maximum Gasteiger partial charge on any atom is 0.318 e. The average molecular weight is 372 g/mol. The van der Waals surface area contributed by atoms with Crippen molar-refractivity contribution in [1.82, 2.24) is 15.2 Å². The van der Waals surface area contributed by atoms with E-state index in [0.717, 1.165) is 34.7 Å². The second kappa shape index (κ2) is 6.91. The molecule has 0 bridgehead atoms. The summed E-state index contributed by atoms with van der Waals surface area (Å²) in [6, 6.07) is 3.97. The zero-order chi connectivity index (χ0) is 18.3. The van der Waals surface area contributed by atoms with Crippen LogP contribution in [-0.2, 0) is 19.4 Å². The zero-order valence-corrected chi connectivity index (χ0v) is 16.4. The Morgan fingerprint density at radius 3 is 2.96 bits per heavy atom. The first kappa shape index (κ1) is 17.3. The first-order chi connectivity index (χ1) is 12.5. The van der Waals surface area contributed by atoms with Crippen molar-refractivity contribution in [2.24, 2.45) is 0 Å². The Labute approximate surface area is 158 Å². The van der Waals surface area contributed by atoms with Crippen molar-refractivity contribution in [1.29, 1.82) is 0 Å². The quantitative estimate of drug-likeness (QED) is 0.890. The molecule has 1 aliphatic carbocycles. The fourth-order valence-corrected chi connectivity index (χ4v) is 4.87. The number of ether oxygens (including phenoxy) is 1. The molecule has 1 aromatic heterocycles. The van der Waals surface area contributed by atoms with E-state index in [2.05, 4.69) is 31.3 Å². The van der Waals surface area contributed by atoms with Crippen LogP contribution in [0, 0.1) is 13.8 Å². The summed E-state index contributed by atoms with van der Waals surface area (Å²) in [7, 11) is 1.83. The minimum absolute atomic E-state index is 0.0853. The Bertz CT molecular complexity index is 822. The molecule has 4 rings (SSSR count). The van der Waals surface area contributed by atoms with Gasteiger partial charge in [0.15, 0.2) is 0 Å². The second-order valence-corrected chi connectivity index (χ2v) is 8.45. The smallest absolute Gasteiger partial charge is 0.318 e. The molecular formula is C20H25N3O2S. The van der Waals surface area contributed by atoms with Gasteiger partial charge < -0.3 is 15.0 Å². The molecule has 2 heterocycles. The number of amides is 2. The molecule has 6 heteroatoms. The molecule has 138 valence electrons. The van der Waals surface area contributed by atoms with Crippen molar-refractivity contribution >= 4 is 17.4 Å². The molecule has 2 aromatic rings. The van der Waals surface area contributed by atoms with Crippen molar-refractivity contribution in [3.63, 3.8) is 0 Å². The van der Waals surface area contributed by atoms with E-state index in [4.69, 9.17) is 9.72 Å². The molecule has 0 spiro atoms. The van der Waals surface area contributed by atoms with Gasteiger partial charge in [-0.2, -0.15) is 0 Å². The summed E-state index contributed by atoms with van der Waals surface area (Å²) in [5.74, 6) is 0.922. The fraction of sp³-hybridized carbons (Fsp3) is 0.500. The van der Waals surface area contributed by atoms with E-state index < -0.39 is 0 Å². The molecule has 0 saturated heterocycles. The third-order valence-electron chi connectivity index (χ3n) is 5.38. The van der Waals surface area contributed by atoms with E-state index in [0.29, 0.717) is 13.2 Å². The lowest BCUT2D eigenvalue weighted by atomic mass is 10.0. The summed E-state index contributed by atoms with van der Waals surface area (Å²) in [4.78, 5) is 20.5. The molecule has 1 aliphatic heterocycles. The Morgan fingerprint density at radius 1 is 1.35 bits per heavy atom. The van der Waals surface area contributed by atoms with E-state index >= 15 is 0 Å². The van der Waals surface area contributed by atoms with Gasteiger partial charge in [-0.3, -0.25) is 0 Å². The lowest BCUT2D eigenvalue weighted by Crippen LogP contribution is -2.39. The summed E-state index contributed by atoms with van der Waals surface area (Å²) in [5.41, 5.74) is 4.68. The number of thiazole rings is 1. The first-order valence-electron chi connectivity index (χ1n) is 9.25. The van der Waals surface area contributed by atoms with Gasteiger partial charge >= 0.3 is 6.03 Å². The molecular weight excluding hydrogens is 346 g/mol. The Balaban J connectivity index is 1.41. The van der Waals surface area contributed by atoms with Gasteiger partial charge in [-0.15, -0.1) is 11.3 Å². The van der Waals surface area contributed by atoms with E-state index in [-0.39, 0.29) is 12.1 Å². The van der Waals surface area contributed by atoms with Gasteiger partial charge in [0.2, 0.25) is 0 Å². The van der Waals surface area contributed by atoms with Gasteiger partial charge in [0, 0.05) is 17.5 Å². The number of aryl methyl sites for hydroxylation is 3. The fourth-order valence-electron chi connectivity index (χ4n) is 3.66. The van der Waals surface area contributed by atoms with Crippen molar-refractivity contribution in [3.05, 3.63) is 44.4 Å². The highest BCUT2D eigenvalue weighted by atomic mass is 32.1. The molecule has 0 saturated carbocycles. The van der Waals surface area contributed by atoms with Crippen molar-refractivity contribution in [2.75, 3.05) is 13.7 Å². The molecule has 26 heavy (non-hydrogen) atoms. The van der Waals surface area contributed by atoms with E-state index in [9.17, 15) is 4.79 Å². The minimum Gasteiger partial charge on any atom is -0.490 e. The highest BCUT2D eigenvalue weighted by Gasteiger charge is 2.28. The lowest BCUT2D eigenvalue weighted by molar-refractivity contribution is 0.199. The lowest BCUT2D eigenvalue weighted by Gasteiger charge is -2.19. The van der Waals surface area contributed by atoms with Crippen LogP contribution in [0.5, 0.6) is 5.75 Å². The number of benzene rings is 1. The maximum atomic E-state index is 12.6. The van der Waals surface area contributed by atoms with Gasteiger partial charge in [0.1, 0.15) is 17.4 Å². The van der Waals surface area contributed by atoms with Crippen LogP contribution in [0.2, 0.25) is 0 Å². The van der Waals surface area contributed by atoms with E-state index in [1.54, 1.807) is 16.2 Å².